The van der Waals surface area contributed by atoms with E-state index in [4.69, 9.17) is 16.3 Å². The molecule has 5 nitrogen and oxygen atoms in total. The lowest BCUT2D eigenvalue weighted by Crippen LogP contribution is -2.31. The third-order valence-corrected chi connectivity index (χ3v) is 4.38. The van der Waals surface area contributed by atoms with Gasteiger partial charge in [0.15, 0.2) is 0 Å². The van der Waals surface area contributed by atoms with E-state index >= 15 is 0 Å². The molecule has 2 amide bonds. The summed E-state index contributed by atoms with van der Waals surface area (Å²) in [5.41, 5.74) is 2.09. The Morgan fingerprint density at radius 2 is 1.60 bits per heavy atom. The van der Waals surface area contributed by atoms with Crippen LogP contribution in [0.4, 0.5) is 11.4 Å². The van der Waals surface area contributed by atoms with E-state index in [9.17, 15) is 9.59 Å². The summed E-state index contributed by atoms with van der Waals surface area (Å²) >= 11 is 6.22. The van der Waals surface area contributed by atoms with E-state index < -0.39 is 11.8 Å². The number of hydrogen-bond donors (Lipinski definition) is 0. The molecule has 3 rings (SSSR count). The van der Waals surface area contributed by atoms with E-state index in [2.05, 4.69) is 0 Å². The predicted molar refractivity (Wildman–Crippen MR) is 99.0 cm³/mol. The van der Waals surface area contributed by atoms with Crippen LogP contribution in [0.5, 0.6) is 5.75 Å². The maximum Gasteiger partial charge on any atom is 0.277 e. The van der Waals surface area contributed by atoms with E-state index in [1.165, 1.54) is 7.11 Å². The molecule has 2 aromatic carbocycles. The minimum absolute atomic E-state index is 0.105. The molecule has 1 aliphatic rings. The normalized spacial score (nSPS) is 14.3. The van der Waals surface area contributed by atoms with Gasteiger partial charge < -0.3 is 9.64 Å². The molecule has 0 aromatic heterocycles. The van der Waals surface area contributed by atoms with E-state index in [1.54, 1.807) is 36.4 Å². The molecule has 0 atom stereocenters. The first kappa shape index (κ1) is 17.0. The number of anilines is 2. The van der Waals surface area contributed by atoms with Gasteiger partial charge in [-0.15, -0.1) is 0 Å². The van der Waals surface area contributed by atoms with Gasteiger partial charge in [0.1, 0.15) is 10.8 Å². The maximum absolute atomic E-state index is 12.9. The molecule has 0 unspecified atom stereocenters. The van der Waals surface area contributed by atoms with Crippen LogP contribution in [-0.4, -0.2) is 33.0 Å². The van der Waals surface area contributed by atoms with Crippen molar-refractivity contribution in [3.8, 4) is 5.75 Å². The summed E-state index contributed by atoms with van der Waals surface area (Å²) in [6.45, 7) is 0. The molecular formula is C19H17ClN2O3. The van der Waals surface area contributed by atoms with Crippen LogP contribution in [0.1, 0.15) is 5.56 Å². The molecule has 0 aliphatic carbocycles. The third-order valence-electron chi connectivity index (χ3n) is 4.03. The maximum atomic E-state index is 12.9. The van der Waals surface area contributed by atoms with Crippen LogP contribution in [-0.2, 0) is 9.59 Å². The lowest BCUT2D eigenvalue weighted by atomic mass is 10.0. The number of benzene rings is 2. The average molecular weight is 357 g/mol. The van der Waals surface area contributed by atoms with E-state index in [1.807, 2.05) is 31.1 Å². The molecule has 0 saturated heterocycles. The highest BCUT2D eigenvalue weighted by atomic mass is 35.5. The molecule has 0 bridgehead atoms. The Balaban J connectivity index is 2.02. The van der Waals surface area contributed by atoms with Gasteiger partial charge in [0.2, 0.25) is 0 Å². The fourth-order valence-electron chi connectivity index (χ4n) is 2.72. The fraction of sp³-hybridized carbons (Fsp3) is 0.158. The number of ether oxygens (including phenoxy) is 1. The first-order chi connectivity index (χ1) is 12.0. The molecule has 25 heavy (non-hydrogen) atoms. The second-order valence-corrected chi connectivity index (χ2v) is 6.12. The molecule has 128 valence electrons. The van der Waals surface area contributed by atoms with Gasteiger partial charge in [-0.05, 0) is 30.3 Å². The largest absolute Gasteiger partial charge is 0.496 e. The van der Waals surface area contributed by atoms with Crippen LogP contribution in [0.15, 0.2) is 53.6 Å². The standard InChI is InChI=1S/C19H17ClN2O3/c1-21(2)12-8-10-13(11-9-12)22-18(23)16(17(20)19(22)24)14-6-4-5-7-15(14)25-3/h4-11H,1-3H3. The smallest absolute Gasteiger partial charge is 0.277 e. The van der Waals surface area contributed by atoms with Crippen LogP contribution in [0, 0.1) is 0 Å². The van der Waals surface area contributed by atoms with Crippen molar-refractivity contribution < 1.29 is 14.3 Å². The number of carbonyl (C=O) groups is 2. The van der Waals surface area contributed by atoms with Crippen molar-refractivity contribution in [3.05, 3.63) is 59.1 Å². The van der Waals surface area contributed by atoms with Crippen LogP contribution >= 0.6 is 11.6 Å². The number of carbonyl (C=O) groups excluding carboxylic acids is 2. The number of methoxy groups -OCH3 is 1. The van der Waals surface area contributed by atoms with Crippen molar-refractivity contribution in [2.45, 2.75) is 0 Å². The topological polar surface area (TPSA) is 49.9 Å². The van der Waals surface area contributed by atoms with Gasteiger partial charge in [-0.1, -0.05) is 29.8 Å². The van der Waals surface area contributed by atoms with E-state index in [0.29, 0.717) is 17.0 Å². The van der Waals surface area contributed by atoms with Gasteiger partial charge in [0, 0.05) is 25.3 Å². The zero-order valence-electron chi connectivity index (χ0n) is 14.1. The summed E-state index contributed by atoms with van der Waals surface area (Å²) in [6, 6.07) is 14.1. The van der Waals surface area contributed by atoms with Crippen LogP contribution < -0.4 is 14.5 Å². The molecular weight excluding hydrogens is 340 g/mol. The summed E-state index contributed by atoms with van der Waals surface area (Å²) in [6.07, 6.45) is 0. The Morgan fingerprint density at radius 1 is 0.960 bits per heavy atom. The zero-order valence-corrected chi connectivity index (χ0v) is 14.9. The molecule has 0 spiro atoms. The summed E-state index contributed by atoms with van der Waals surface area (Å²) in [7, 11) is 5.34. The number of halogens is 1. The average Bonchev–Trinajstić information content (AvgIpc) is 2.84. The third kappa shape index (κ3) is 2.87. The molecule has 0 radical (unpaired) electrons. The Hall–Kier alpha value is -2.79. The highest BCUT2D eigenvalue weighted by molar-refractivity contribution is 6.60. The van der Waals surface area contributed by atoms with Crippen molar-refractivity contribution >= 4 is 40.4 Å². The van der Waals surface area contributed by atoms with E-state index in [0.717, 1.165) is 10.6 Å². The van der Waals surface area contributed by atoms with Gasteiger partial charge in [0.05, 0.1) is 18.4 Å². The van der Waals surface area contributed by atoms with Crippen molar-refractivity contribution in [3.63, 3.8) is 0 Å². The minimum atomic E-state index is -0.537. The quantitative estimate of drug-likeness (QED) is 0.789. The minimum Gasteiger partial charge on any atom is -0.496 e. The number of para-hydroxylation sites is 1. The Kier molecular flexibility index (Phi) is 4.51. The molecule has 6 heteroatoms. The molecule has 0 N–H and O–H groups in total. The lowest BCUT2D eigenvalue weighted by Gasteiger charge is -2.17. The van der Waals surface area contributed by atoms with Crippen LogP contribution in [0.25, 0.3) is 5.57 Å². The monoisotopic (exact) mass is 356 g/mol. The first-order valence-electron chi connectivity index (χ1n) is 7.65. The second-order valence-electron chi connectivity index (χ2n) is 5.75. The number of hydrogen-bond acceptors (Lipinski definition) is 4. The predicted octanol–water partition coefficient (Wildman–Crippen LogP) is 3.28. The van der Waals surface area contributed by atoms with Crippen molar-refractivity contribution in [1.29, 1.82) is 0 Å². The van der Waals surface area contributed by atoms with Crippen LogP contribution in [0.3, 0.4) is 0 Å². The van der Waals surface area contributed by atoms with Crippen LogP contribution in [0.2, 0.25) is 0 Å². The first-order valence-corrected chi connectivity index (χ1v) is 8.03. The summed E-state index contributed by atoms with van der Waals surface area (Å²) in [5.74, 6) is -0.510. The Labute approximate surface area is 151 Å². The highest BCUT2D eigenvalue weighted by Crippen LogP contribution is 2.38. The van der Waals surface area contributed by atoms with Gasteiger partial charge in [-0.2, -0.15) is 0 Å². The molecule has 1 aliphatic heterocycles. The highest BCUT2D eigenvalue weighted by Gasteiger charge is 2.40. The van der Waals surface area contributed by atoms with Gasteiger partial charge in [-0.25, -0.2) is 4.90 Å². The molecule has 0 saturated carbocycles. The molecule has 2 aromatic rings. The zero-order chi connectivity index (χ0) is 18.1. The number of imide groups is 1. The molecule has 0 fully saturated rings. The Morgan fingerprint density at radius 3 is 2.20 bits per heavy atom. The van der Waals surface area contributed by atoms with Gasteiger partial charge >= 0.3 is 0 Å². The Bertz CT molecular complexity index is 872. The van der Waals surface area contributed by atoms with Gasteiger partial charge in [-0.3, -0.25) is 9.59 Å². The summed E-state index contributed by atoms with van der Waals surface area (Å²) in [5, 5.41) is -0.105. The molecule has 1 heterocycles. The summed E-state index contributed by atoms with van der Waals surface area (Å²) in [4.78, 5) is 28.5. The number of nitrogens with zero attached hydrogens (tertiary/aromatic N) is 2. The fourth-order valence-corrected chi connectivity index (χ4v) is 2.99. The van der Waals surface area contributed by atoms with Crippen molar-refractivity contribution in [2.75, 3.05) is 31.0 Å². The SMILES string of the molecule is COc1ccccc1C1=C(Cl)C(=O)N(c2ccc(N(C)C)cc2)C1=O. The lowest BCUT2D eigenvalue weighted by molar-refractivity contribution is -0.119. The van der Waals surface area contributed by atoms with Crippen molar-refractivity contribution in [1.82, 2.24) is 0 Å². The number of amides is 2. The summed E-state index contributed by atoms with van der Waals surface area (Å²) < 4.78 is 5.29. The van der Waals surface area contributed by atoms with Gasteiger partial charge in [0.25, 0.3) is 11.8 Å². The second kappa shape index (κ2) is 6.61. The van der Waals surface area contributed by atoms with Crippen molar-refractivity contribution in [2.24, 2.45) is 0 Å². The van der Waals surface area contributed by atoms with E-state index in [-0.39, 0.29) is 10.6 Å². The number of rotatable bonds is 4.